The summed E-state index contributed by atoms with van der Waals surface area (Å²) < 4.78 is 24.9. The fourth-order valence-corrected chi connectivity index (χ4v) is 10.6. The maximum atomic E-state index is 13.1. The van der Waals surface area contributed by atoms with Gasteiger partial charge in [0.25, 0.3) is 0 Å². The molecule has 1 N–H and O–H groups in total. The van der Waals surface area contributed by atoms with Crippen LogP contribution in [0.3, 0.4) is 0 Å². The Morgan fingerprint density at radius 3 is 2.32 bits per heavy atom. The second kappa shape index (κ2) is 8.12. The number of rotatable bonds is 9. The maximum Gasteiger partial charge on any atom is 0.173 e. The average molecular weight is 345 g/mol. The largest absolute Gasteiger partial charge is 0.505 e. The van der Waals surface area contributed by atoms with Gasteiger partial charge in [0, 0.05) is 6.07 Å². The van der Waals surface area contributed by atoms with Crippen molar-refractivity contribution < 1.29 is 18.3 Å². The average Bonchev–Trinajstić information content (AvgIpc) is 2.35. The zero-order chi connectivity index (χ0) is 16.8. The minimum atomic E-state index is -1.53. The molecule has 0 amide bonds. The van der Waals surface area contributed by atoms with Crippen molar-refractivity contribution in [2.75, 3.05) is 6.61 Å². The molecule has 0 fully saturated rings. The Morgan fingerprint density at radius 1 is 1.05 bits per heavy atom. The number of unbranched alkanes of at least 4 members (excludes halogenated alkanes) is 2. The zero-order valence-electron chi connectivity index (χ0n) is 14.4. The van der Waals surface area contributed by atoms with E-state index in [1.807, 2.05) is 0 Å². The smallest absolute Gasteiger partial charge is 0.173 e. The summed E-state index contributed by atoms with van der Waals surface area (Å²) >= 11 is 0. The van der Waals surface area contributed by atoms with Gasteiger partial charge in [0.2, 0.25) is 0 Å². The number of hydrogen-bond donors (Lipinski definition) is 1. The summed E-state index contributed by atoms with van der Waals surface area (Å²) in [4.78, 5) is 0. The lowest BCUT2D eigenvalue weighted by molar-refractivity contribution is 0.303. The Bertz CT molecular complexity index is 473. The Hall–Kier alpha value is -0.856. The fourth-order valence-electron chi connectivity index (χ4n) is 2.48. The topological polar surface area (TPSA) is 38.7 Å². The van der Waals surface area contributed by atoms with Gasteiger partial charge >= 0.3 is 0 Å². The molecule has 3 nitrogen and oxygen atoms in total. The Balaban J connectivity index is 2.19. The van der Waals surface area contributed by atoms with Gasteiger partial charge in [-0.25, -0.2) is 4.39 Å². The predicted molar refractivity (Wildman–Crippen MR) is 94.1 cm³/mol. The first-order valence-corrected chi connectivity index (χ1v) is 14.4. The molecule has 1 aromatic carbocycles. The number of halogens is 1. The van der Waals surface area contributed by atoms with Gasteiger partial charge in [-0.2, -0.15) is 0 Å². The van der Waals surface area contributed by atoms with Crippen LogP contribution in [-0.2, 0) is 4.12 Å². The second-order valence-corrected chi connectivity index (χ2v) is 16.3. The van der Waals surface area contributed by atoms with E-state index >= 15 is 0 Å². The van der Waals surface area contributed by atoms with E-state index in [-0.39, 0.29) is 5.75 Å². The Morgan fingerprint density at radius 2 is 1.73 bits per heavy atom. The SMILES string of the molecule is C[Si](C)(C)O[Si](C)(C)CCCCCOc1ccc(O)c(F)c1. The number of ether oxygens (including phenoxy) is 1. The van der Waals surface area contributed by atoms with Crippen molar-refractivity contribution in [1.82, 2.24) is 0 Å². The maximum absolute atomic E-state index is 13.1. The van der Waals surface area contributed by atoms with Gasteiger partial charge in [0.1, 0.15) is 5.75 Å². The first kappa shape index (κ1) is 19.2. The Labute approximate surface area is 135 Å². The molecular formula is C16H29FO3Si2. The second-order valence-electron chi connectivity index (χ2n) is 7.25. The molecular weight excluding hydrogens is 315 g/mol. The Kier molecular flexibility index (Phi) is 7.09. The van der Waals surface area contributed by atoms with Gasteiger partial charge in [0.15, 0.2) is 28.2 Å². The summed E-state index contributed by atoms with van der Waals surface area (Å²) in [5, 5.41) is 9.11. The molecule has 1 aromatic rings. The van der Waals surface area contributed by atoms with Crippen LogP contribution in [0.15, 0.2) is 18.2 Å². The minimum Gasteiger partial charge on any atom is -0.505 e. The van der Waals surface area contributed by atoms with Crippen molar-refractivity contribution in [1.29, 1.82) is 0 Å². The van der Waals surface area contributed by atoms with Gasteiger partial charge in [-0.15, -0.1) is 0 Å². The molecule has 0 aromatic heterocycles. The van der Waals surface area contributed by atoms with Crippen LogP contribution >= 0.6 is 0 Å². The highest BCUT2D eigenvalue weighted by Gasteiger charge is 2.28. The first-order chi connectivity index (χ1) is 10.1. The summed E-state index contributed by atoms with van der Waals surface area (Å²) in [7, 11) is -2.97. The molecule has 22 heavy (non-hydrogen) atoms. The van der Waals surface area contributed by atoms with E-state index in [0.717, 1.165) is 19.3 Å². The molecule has 0 spiro atoms. The van der Waals surface area contributed by atoms with E-state index in [2.05, 4.69) is 32.7 Å². The van der Waals surface area contributed by atoms with E-state index in [1.54, 1.807) is 6.07 Å². The van der Waals surface area contributed by atoms with Gasteiger partial charge < -0.3 is 14.0 Å². The van der Waals surface area contributed by atoms with Crippen LogP contribution in [0, 0.1) is 5.82 Å². The van der Waals surface area contributed by atoms with Crippen LogP contribution < -0.4 is 4.74 Å². The highest BCUT2D eigenvalue weighted by molar-refractivity contribution is 6.84. The van der Waals surface area contributed by atoms with Crippen molar-refractivity contribution in [3.05, 3.63) is 24.0 Å². The zero-order valence-corrected chi connectivity index (χ0v) is 16.4. The molecule has 126 valence electrons. The van der Waals surface area contributed by atoms with E-state index in [1.165, 1.54) is 18.2 Å². The lowest BCUT2D eigenvalue weighted by atomic mass is 10.2. The number of phenols is 1. The van der Waals surface area contributed by atoms with Crippen molar-refractivity contribution in [3.8, 4) is 11.5 Å². The van der Waals surface area contributed by atoms with Crippen molar-refractivity contribution in [2.45, 2.75) is 58.0 Å². The van der Waals surface area contributed by atoms with Crippen LogP contribution in [0.1, 0.15) is 19.3 Å². The lowest BCUT2D eigenvalue weighted by Crippen LogP contribution is -2.42. The highest BCUT2D eigenvalue weighted by Crippen LogP contribution is 2.22. The quantitative estimate of drug-likeness (QED) is 0.498. The molecule has 0 aliphatic carbocycles. The molecule has 0 heterocycles. The molecule has 0 unspecified atom stereocenters. The third-order valence-corrected chi connectivity index (χ3v) is 9.41. The van der Waals surface area contributed by atoms with Crippen LogP contribution in [0.2, 0.25) is 38.8 Å². The summed E-state index contributed by atoms with van der Waals surface area (Å²) in [6.45, 7) is 11.9. The van der Waals surface area contributed by atoms with Crippen molar-refractivity contribution >= 4 is 16.6 Å². The molecule has 0 radical (unpaired) electrons. The molecule has 0 saturated heterocycles. The number of benzene rings is 1. The van der Waals surface area contributed by atoms with E-state index in [9.17, 15) is 4.39 Å². The fraction of sp³-hybridized carbons (Fsp3) is 0.625. The normalized spacial score (nSPS) is 12.5. The van der Waals surface area contributed by atoms with Gasteiger partial charge in [-0.05, 0) is 57.3 Å². The van der Waals surface area contributed by atoms with E-state index in [0.29, 0.717) is 12.4 Å². The first-order valence-electron chi connectivity index (χ1n) is 7.91. The van der Waals surface area contributed by atoms with Crippen LogP contribution in [0.5, 0.6) is 11.5 Å². The van der Waals surface area contributed by atoms with Crippen LogP contribution in [0.4, 0.5) is 4.39 Å². The molecule has 0 saturated carbocycles. The summed E-state index contributed by atoms with van der Waals surface area (Å²) in [5.74, 6) is -0.525. The van der Waals surface area contributed by atoms with Gasteiger partial charge in [-0.3, -0.25) is 0 Å². The monoisotopic (exact) mass is 344 g/mol. The summed E-state index contributed by atoms with van der Waals surface area (Å²) in [6.07, 6.45) is 3.18. The number of aromatic hydroxyl groups is 1. The lowest BCUT2D eigenvalue weighted by Gasteiger charge is -2.31. The van der Waals surface area contributed by atoms with Crippen molar-refractivity contribution in [2.24, 2.45) is 0 Å². The summed E-state index contributed by atoms with van der Waals surface area (Å²) in [5.41, 5.74) is 0. The molecule has 1 rings (SSSR count). The molecule has 0 aliphatic heterocycles. The van der Waals surface area contributed by atoms with E-state index in [4.69, 9.17) is 14.0 Å². The molecule has 0 bridgehead atoms. The van der Waals surface area contributed by atoms with Gasteiger partial charge in [-0.1, -0.05) is 12.8 Å². The minimum absolute atomic E-state index is 0.345. The third-order valence-electron chi connectivity index (χ3n) is 3.19. The van der Waals surface area contributed by atoms with Gasteiger partial charge in [0.05, 0.1) is 6.61 Å². The van der Waals surface area contributed by atoms with Crippen LogP contribution in [-0.4, -0.2) is 28.3 Å². The van der Waals surface area contributed by atoms with Crippen molar-refractivity contribution in [3.63, 3.8) is 0 Å². The predicted octanol–water partition coefficient (Wildman–Crippen LogP) is 5.14. The molecule has 0 atom stereocenters. The third kappa shape index (κ3) is 7.96. The number of hydrogen-bond acceptors (Lipinski definition) is 3. The van der Waals surface area contributed by atoms with Crippen LogP contribution in [0.25, 0.3) is 0 Å². The molecule has 0 aliphatic rings. The van der Waals surface area contributed by atoms with E-state index < -0.39 is 22.5 Å². The summed E-state index contributed by atoms with van der Waals surface area (Å²) in [6, 6.07) is 5.28. The highest BCUT2D eigenvalue weighted by atomic mass is 28.4. The number of phenolic OH excluding ortho intramolecular Hbond substituents is 1. The molecule has 6 heteroatoms. The standard InChI is InChI=1S/C16H29FO3Si2/c1-21(2,3)20-22(4,5)12-8-6-7-11-19-14-9-10-16(18)15(17)13-14/h9-10,13,18H,6-8,11-12H2,1-5H3.